The van der Waals surface area contributed by atoms with E-state index in [2.05, 4.69) is 0 Å². The molecule has 0 aliphatic carbocycles. The van der Waals surface area contributed by atoms with Crippen LogP contribution in [0.1, 0.15) is 11.1 Å². The number of methoxy groups -OCH3 is 4. The molecule has 1 N–H and O–H groups in total. The molecule has 0 radical (unpaired) electrons. The van der Waals surface area contributed by atoms with Crippen LogP contribution in [0.3, 0.4) is 0 Å². The Balaban J connectivity index is 2.12. The molecule has 2 aromatic carbocycles. The lowest BCUT2D eigenvalue weighted by atomic mass is 10.1. The van der Waals surface area contributed by atoms with Gasteiger partial charge in [0.05, 0.1) is 58.6 Å². The highest BCUT2D eigenvalue weighted by Gasteiger charge is 2.22. The fourth-order valence-corrected chi connectivity index (χ4v) is 3.03. The van der Waals surface area contributed by atoms with Crippen LogP contribution in [0, 0.1) is 10.1 Å². The van der Waals surface area contributed by atoms with Crippen LogP contribution >= 0.6 is 0 Å². The quantitative estimate of drug-likeness (QED) is 0.492. The molecular formula is C20H27N2O6+. The fraction of sp³-hybridized carbons (Fsp3) is 0.400. The summed E-state index contributed by atoms with van der Waals surface area (Å²) >= 11 is 0. The Morgan fingerprint density at radius 3 is 2.04 bits per heavy atom. The van der Waals surface area contributed by atoms with Crippen molar-refractivity contribution >= 4 is 5.69 Å². The van der Waals surface area contributed by atoms with Crippen LogP contribution in [0.4, 0.5) is 5.69 Å². The first-order valence-corrected chi connectivity index (χ1v) is 8.85. The first-order valence-electron chi connectivity index (χ1n) is 8.85. The Morgan fingerprint density at radius 1 is 0.893 bits per heavy atom. The Kier molecular flexibility index (Phi) is 7.45. The van der Waals surface area contributed by atoms with Gasteiger partial charge in [0.1, 0.15) is 6.54 Å². The summed E-state index contributed by atoms with van der Waals surface area (Å²) < 4.78 is 21.1. The highest BCUT2D eigenvalue weighted by atomic mass is 16.6. The number of nitro groups is 1. The van der Waals surface area contributed by atoms with E-state index in [4.69, 9.17) is 18.9 Å². The average molecular weight is 391 g/mol. The molecule has 0 saturated heterocycles. The Labute approximate surface area is 164 Å². The number of nitro benzene ring substituents is 1. The molecule has 8 heteroatoms. The van der Waals surface area contributed by atoms with E-state index >= 15 is 0 Å². The Hall–Kier alpha value is -3.00. The molecule has 1 atom stereocenters. The van der Waals surface area contributed by atoms with Gasteiger partial charge in [0.25, 0.3) is 5.69 Å². The molecule has 0 fully saturated rings. The molecule has 1 unspecified atom stereocenters. The van der Waals surface area contributed by atoms with Gasteiger partial charge in [-0.1, -0.05) is 6.07 Å². The van der Waals surface area contributed by atoms with Crippen LogP contribution in [0.5, 0.6) is 23.0 Å². The number of nitrogens with zero attached hydrogens (tertiary/aromatic N) is 1. The normalized spacial score (nSPS) is 11.6. The van der Waals surface area contributed by atoms with Gasteiger partial charge in [-0.25, -0.2) is 0 Å². The third-order valence-corrected chi connectivity index (χ3v) is 4.56. The van der Waals surface area contributed by atoms with Crippen LogP contribution in [0.15, 0.2) is 30.3 Å². The highest BCUT2D eigenvalue weighted by molar-refractivity contribution is 5.54. The number of ether oxygens (including phenoxy) is 4. The van der Waals surface area contributed by atoms with Crippen LogP contribution in [-0.4, -0.2) is 47.0 Å². The van der Waals surface area contributed by atoms with Crippen molar-refractivity contribution in [1.82, 2.24) is 0 Å². The summed E-state index contributed by atoms with van der Waals surface area (Å²) in [5.41, 5.74) is 1.74. The van der Waals surface area contributed by atoms with Crippen molar-refractivity contribution in [3.8, 4) is 23.0 Å². The van der Waals surface area contributed by atoms with E-state index in [9.17, 15) is 10.1 Å². The zero-order valence-electron chi connectivity index (χ0n) is 16.9. The molecule has 0 heterocycles. The zero-order chi connectivity index (χ0) is 20.7. The van der Waals surface area contributed by atoms with Gasteiger partial charge in [0.2, 0.25) is 0 Å². The summed E-state index contributed by atoms with van der Waals surface area (Å²) in [7, 11) is 8.19. The van der Waals surface area contributed by atoms with E-state index in [0.717, 1.165) is 23.4 Å². The first-order chi connectivity index (χ1) is 13.4. The summed E-state index contributed by atoms with van der Waals surface area (Å²) in [6.45, 7) is 1.28. The largest absolute Gasteiger partial charge is 0.493 e. The summed E-state index contributed by atoms with van der Waals surface area (Å²) in [4.78, 5) is 12.2. The number of hydrogen-bond acceptors (Lipinski definition) is 6. The van der Waals surface area contributed by atoms with Crippen LogP contribution < -0.4 is 23.8 Å². The van der Waals surface area contributed by atoms with Gasteiger partial charge >= 0.3 is 0 Å². The fourth-order valence-electron chi connectivity index (χ4n) is 3.03. The summed E-state index contributed by atoms with van der Waals surface area (Å²) in [6.07, 6.45) is 0.799. The van der Waals surface area contributed by atoms with E-state index in [-0.39, 0.29) is 10.6 Å². The minimum Gasteiger partial charge on any atom is -0.493 e. The number of quaternary nitrogens is 1. The topological polar surface area (TPSA) is 84.5 Å². The molecule has 0 aromatic heterocycles. The first kappa shape index (κ1) is 21.3. The van der Waals surface area contributed by atoms with Gasteiger partial charge in [0.15, 0.2) is 23.0 Å². The number of likely N-dealkylation sites (N-methyl/N-ethyl adjacent to an activating group) is 1. The van der Waals surface area contributed by atoms with Crippen molar-refractivity contribution in [2.24, 2.45) is 0 Å². The summed E-state index contributed by atoms with van der Waals surface area (Å²) in [5.74, 6) is 2.21. The van der Waals surface area contributed by atoms with E-state index in [1.54, 1.807) is 20.3 Å². The van der Waals surface area contributed by atoms with Crippen molar-refractivity contribution in [3.05, 3.63) is 51.6 Å². The predicted molar refractivity (Wildman–Crippen MR) is 105 cm³/mol. The number of hydrogen-bond donors (Lipinski definition) is 1. The second-order valence-electron chi connectivity index (χ2n) is 6.42. The molecule has 0 aliphatic rings. The average Bonchev–Trinajstić information content (AvgIpc) is 2.71. The SMILES string of the molecule is COc1ccc(CC[NH+](C)Cc2cc(OC)c(OC)cc2[N+](=O)[O-])cc1OC. The maximum Gasteiger partial charge on any atom is 0.282 e. The van der Waals surface area contributed by atoms with E-state index in [0.29, 0.717) is 35.1 Å². The molecule has 2 aromatic rings. The van der Waals surface area contributed by atoms with Gasteiger partial charge in [-0.2, -0.15) is 0 Å². The van der Waals surface area contributed by atoms with E-state index < -0.39 is 0 Å². The third-order valence-electron chi connectivity index (χ3n) is 4.56. The highest BCUT2D eigenvalue weighted by Crippen LogP contribution is 2.34. The predicted octanol–water partition coefficient (Wildman–Crippen LogP) is 1.89. The van der Waals surface area contributed by atoms with Crippen molar-refractivity contribution in [3.63, 3.8) is 0 Å². The van der Waals surface area contributed by atoms with E-state index in [1.165, 1.54) is 20.3 Å². The van der Waals surface area contributed by atoms with Crippen LogP contribution in [0.2, 0.25) is 0 Å². The second-order valence-corrected chi connectivity index (χ2v) is 6.42. The molecule has 0 amide bonds. The lowest BCUT2D eigenvalue weighted by Gasteiger charge is -2.16. The third kappa shape index (κ3) is 5.04. The number of benzene rings is 2. The molecule has 8 nitrogen and oxygen atoms in total. The maximum atomic E-state index is 11.5. The molecule has 152 valence electrons. The van der Waals surface area contributed by atoms with Crippen molar-refractivity contribution in [2.75, 3.05) is 42.0 Å². The van der Waals surface area contributed by atoms with Gasteiger partial charge < -0.3 is 23.8 Å². The Bertz CT molecular complexity index is 825. The summed E-state index contributed by atoms with van der Waals surface area (Å²) in [6, 6.07) is 8.91. The minimum absolute atomic E-state index is 0.0307. The molecule has 0 bridgehead atoms. The second kappa shape index (κ2) is 9.80. The monoisotopic (exact) mass is 391 g/mol. The van der Waals surface area contributed by atoms with Gasteiger partial charge in [-0.3, -0.25) is 10.1 Å². The van der Waals surface area contributed by atoms with Gasteiger partial charge in [-0.15, -0.1) is 0 Å². The van der Waals surface area contributed by atoms with Crippen molar-refractivity contribution < 1.29 is 28.8 Å². The molecular weight excluding hydrogens is 364 g/mol. The number of rotatable bonds is 10. The van der Waals surface area contributed by atoms with Crippen molar-refractivity contribution in [1.29, 1.82) is 0 Å². The standard InChI is InChI=1S/C20H26N2O6/c1-21(9-8-14-6-7-17(25-2)18(10-14)26-3)13-15-11-19(27-4)20(28-5)12-16(15)22(23)24/h6-7,10-12H,8-9,13H2,1-5H3/p+1. The molecule has 0 spiro atoms. The maximum absolute atomic E-state index is 11.5. The lowest BCUT2D eigenvalue weighted by molar-refractivity contribution is -0.893. The van der Waals surface area contributed by atoms with Crippen molar-refractivity contribution in [2.45, 2.75) is 13.0 Å². The Morgan fingerprint density at radius 2 is 1.46 bits per heavy atom. The zero-order valence-corrected chi connectivity index (χ0v) is 16.9. The summed E-state index contributed by atoms with van der Waals surface area (Å²) in [5, 5.41) is 11.5. The minimum atomic E-state index is -0.390. The lowest BCUT2D eigenvalue weighted by Crippen LogP contribution is -3.07. The molecule has 2 rings (SSSR count). The smallest absolute Gasteiger partial charge is 0.282 e. The van der Waals surface area contributed by atoms with Crippen LogP contribution in [0.25, 0.3) is 0 Å². The molecule has 0 aliphatic heterocycles. The van der Waals surface area contributed by atoms with Gasteiger partial charge in [-0.05, 0) is 23.8 Å². The molecule has 0 saturated carbocycles. The van der Waals surface area contributed by atoms with Crippen LogP contribution in [-0.2, 0) is 13.0 Å². The van der Waals surface area contributed by atoms with Gasteiger partial charge in [0, 0.05) is 6.42 Å². The molecule has 28 heavy (non-hydrogen) atoms. The van der Waals surface area contributed by atoms with E-state index in [1.807, 2.05) is 25.2 Å². The number of nitrogens with one attached hydrogen (secondary N) is 1.